The summed E-state index contributed by atoms with van der Waals surface area (Å²) in [6.45, 7) is 6.06. The van der Waals surface area contributed by atoms with Gasteiger partial charge in [0, 0.05) is 18.8 Å². The van der Waals surface area contributed by atoms with Gasteiger partial charge in [0.1, 0.15) is 0 Å². The summed E-state index contributed by atoms with van der Waals surface area (Å²) < 4.78 is 1.77. The molecule has 0 saturated heterocycles. The molecular weight excluding hydrogens is 332 g/mol. The zero-order valence-corrected chi connectivity index (χ0v) is 16.2. The van der Waals surface area contributed by atoms with Crippen molar-refractivity contribution in [3.05, 3.63) is 84.3 Å². The molecule has 4 nitrogen and oxygen atoms in total. The molecule has 4 aromatic rings. The predicted molar refractivity (Wildman–Crippen MR) is 112 cm³/mol. The van der Waals surface area contributed by atoms with Crippen LogP contribution < -0.4 is 0 Å². The molecule has 0 spiro atoms. The fourth-order valence-corrected chi connectivity index (χ4v) is 2.99. The second kappa shape index (κ2) is 8.41. The maximum Gasteiger partial charge on any atom is 0.0924 e. The van der Waals surface area contributed by atoms with Crippen LogP contribution in [0.25, 0.3) is 27.9 Å². The molecule has 4 heteroatoms. The lowest BCUT2D eigenvalue weighted by atomic mass is 9.97. The number of aromatic nitrogens is 4. The van der Waals surface area contributed by atoms with Crippen molar-refractivity contribution in [2.75, 3.05) is 0 Å². The number of hydrogen-bond donors (Lipinski definition) is 0. The second-order valence-electron chi connectivity index (χ2n) is 5.93. The van der Waals surface area contributed by atoms with Gasteiger partial charge in [0.2, 0.25) is 0 Å². The zero-order valence-electron chi connectivity index (χ0n) is 16.2. The SMILES string of the molecule is C/C=C(\c1ccccc1)c1ccc2ncc(-c3cnn(C)c3)nc2c1.CC. The molecule has 136 valence electrons. The summed E-state index contributed by atoms with van der Waals surface area (Å²) >= 11 is 0. The van der Waals surface area contributed by atoms with E-state index in [1.807, 2.05) is 39.2 Å². The summed E-state index contributed by atoms with van der Waals surface area (Å²) in [7, 11) is 1.90. The zero-order chi connectivity index (χ0) is 19.2. The highest BCUT2D eigenvalue weighted by atomic mass is 15.2. The second-order valence-corrected chi connectivity index (χ2v) is 5.93. The average molecular weight is 356 g/mol. The van der Waals surface area contributed by atoms with E-state index in [0.717, 1.165) is 27.9 Å². The molecular formula is C23H24N4. The Morgan fingerprint density at radius 2 is 1.70 bits per heavy atom. The molecule has 0 aliphatic carbocycles. The van der Waals surface area contributed by atoms with E-state index in [9.17, 15) is 0 Å². The van der Waals surface area contributed by atoms with E-state index in [-0.39, 0.29) is 0 Å². The van der Waals surface area contributed by atoms with Crippen LogP contribution in [0.5, 0.6) is 0 Å². The molecule has 0 unspecified atom stereocenters. The smallest absolute Gasteiger partial charge is 0.0924 e. The Kier molecular flexibility index (Phi) is 5.77. The molecule has 0 amide bonds. The highest BCUT2D eigenvalue weighted by molar-refractivity contribution is 5.86. The Hall–Kier alpha value is -3.27. The molecule has 0 saturated carbocycles. The average Bonchev–Trinajstić information content (AvgIpc) is 3.17. The largest absolute Gasteiger partial charge is 0.275 e. The standard InChI is InChI=1S/C21H18N4.C2H6/c1-3-18(15-7-5-4-6-8-15)16-9-10-19-20(11-16)24-21(13-22-19)17-12-23-25(2)14-17;1-2/h3-14H,1-2H3;1-2H3/b18-3+;. The number of benzene rings is 2. The van der Waals surface area contributed by atoms with Gasteiger partial charge < -0.3 is 0 Å². The van der Waals surface area contributed by atoms with E-state index < -0.39 is 0 Å². The molecule has 0 N–H and O–H groups in total. The third kappa shape index (κ3) is 3.95. The first-order valence-corrected chi connectivity index (χ1v) is 9.22. The minimum Gasteiger partial charge on any atom is -0.275 e. The van der Waals surface area contributed by atoms with Gasteiger partial charge in [-0.25, -0.2) is 4.98 Å². The van der Waals surface area contributed by atoms with Gasteiger partial charge in [-0.1, -0.05) is 56.3 Å². The van der Waals surface area contributed by atoms with Gasteiger partial charge in [-0.15, -0.1) is 0 Å². The highest BCUT2D eigenvalue weighted by Crippen LogP contribution is 2.26. The highest BCUT2D eigenvalue weighted by Gasteiger charge is 2.08. The van der Waals surface area contributed by atoms with Crippen LogP contribution in [0, 0.1) is 0 Å². The van der Waals surface area contributed by atoms with Crippen molar-refractivity contribution in [2.45, 2.75) is 20.8 Å². The van der Waals surface area contributed by atoms with Gasteiger partial charge in [0.05, 0.1) is 29.1 Å². The van der Waals surface area contributed by atoms with Crippen molar-refractivity contribution < 1.29 is 0 Å². The van der Waals surface area contributed by atoms with Crippen LogP contribution in [0.4, 0.5) is 0 Å². The lowest BCUT2D eigenvalue weighted by Gasteiger charge is -2.09. The number of nitrogens with zero attached hydrogens (tertiary/aromatic N) is 4. The first-order valence-electron chi connectivity index (χ1n) is 9.22. The van der Waals surface area contributed by atoms with Crippen LogP contribution in [-0.4, -0.2) is 19.7 Å². The molecule has 0 atom stereocenters. The minimum atomic E-state index is 0.833. The van der Waals surface area contributed by atoms with Crippen molar-refractivity contribution in [3.8, 4) is 11.3 Å². The molecule has 0 aliphatic heterocycles. The summed E-state index contributed by atoms with van der Waals surface area (Å²) in [5.41, 5.74) is 7.10. The molecule has 2 heterocycles. The molecule has 0 radical (unpaired) electrons. The third-order valence-corrected chi connectivity index (χ3v) is 4.23. The number of allylic oxidation sites excluding steroid dienone is 1. The fourth-order valence-electron chi connectivity index (χ4n) is 2.99. The van der Waals surface area contributed by atoms with Crippen molar-refractivity contribution in [1.82, 2.24) is 19.7 Å². The molecule has 2 aromatic carbocycles. The molecule has 0 fully saturated rings. The topological polar surface area (TPSA) is 43.6 Å². The Morgan fingerprint density at radius 1 is 0.926 bits per heavy atom. The normalized spacial score (nSPS) is 11.2. The Labute approximate surface area is 160 Å². The fraction of sp³-hybridized carbons (Fsp3) is 0.174. The summed E-state index contributed by atoms with van der Waals surface area (Å²) in [6, 6.07) is 16.6. The number of rotatable bonds is 3. The van der Waals surface area contributed by atoms with E-state index >= 15 is 0 Å². The Bertz CT molecular complexity index is 1060. The van der Waals surface area contributed by atoms with Gasteiger partial charge in [0.25, 0.3) is 0 Å². The quantitative estimate of drug-likeness (QED) is 0.486. The minimum absolute atomic E-state index is 0.833. The Morgan fingerprint density at radius 3 is 2.37 bits per heavy atom. The molecule has 27 heavy (non-hydrogen) atoms. The van der Waals surface area contributed by atoms with E-state index in [2.05, 4.69) is 59.5 Å². The first kappa shape index (κ1) is 18.5. The number of fused-ring (bicyclic) bond motifs is 1. The lowest BCUT2D eigenvalue weighted by molar-refractivity contribution is 0.768. The van der Waals surface area contributed by atoms with Crippen LogP contribution in [0.15, 0.2) is 73.2 Å². The van der Waals surface area contributed by atoms with Crippen LogP contribution in [0.1, 0.15) is 31.9 Å². The Balaban J connectivity index is 0.00000102. The van der Waals surface area contributed by atoms with Crippen LogP contribution in [-0.2, 0) is 7.05 Å². The van der Waals surface area contributed by atoms with E-state index in [4.69, 9.17) is 4.98 Å². The van der Waals surface area contributed by atoms with Gasteiger partial charge in [-0.3, -0.25) is 9.67 Å². The van der Waals surface area contributed by atoms with Crippen LogP contribution in [0.3, 0.4) is 0 Å². The van der Waals surface area contributed by atoms with Crippen molar-refractivity contribution in [1.29, 1.82) is 0 Å². The van der Waals surface area contributed by atoms with E-state index in [0.29, 0.717) is 0 Å². The van der Waals surface area contributed by atoms with E-state index in [1.54, 1.807) is 17.1 Å². The summed E-state index contributed by atoms with van der Waals surface area (Å²) in [5, 5.41) is 4.21. The molecule has 2 aromatic heterocycles. The van der Waals surface area contributed by atoms with Crippen molar-refractivity contribution in [2.24, 2.45) is 7.05 Å². The summed E-state index contributed by atoms with van der Waals surface area (Å²) in [4.78, 5) is 9.33. The molecule has 0 aliphatic rings. The monoisotopic (exact) mass is 356 g/mol. The molecule has 0 bridgehead atoms. The maximum absolute atomic E-state index is 4.79. The first-order chi connectivity index (χ1) is 13.2. The number of aryl methyl sites for hydroxylation is 1. The van der Waals surface area contributed by atoms with Gasteiger partial charge in [-0.05, 0) is 35.8 Å². The van der Waals surface area contributed by atoms with Gasteiger partial charge in [-0.2, -0.15) is 5.10 Å². The molecule has 4 rings (SSSR count). The predicted octanol–water partition coefficient (Wildman–Crippen LogP) is 5.51. The van der Waals surface area contributed by atoms with Gasteiger partial charge in [0.15, 0.2) is 0 Å². The third-order valence-electron chi connectivity index (χ3n) is 4.23. The lowest BCUT2D eigenvalue weighted by Crippen LogP contribution is -1.92. The van der Waals surface area contributed by atoms with Crippen LogP contribution in [0.2, 0.25) is 0 Å². The summed E-state index contributed by atoms with van der Waals surface area (Å²) in [6.07, 6.45) is 7.68. The van der Waals surface area contributed by atoms with Gasteiger partial charge >= 0.3 is 0 Å². The van der Waals surface area contributed by atoms with E-state index in [1.165, 1.54) is 11.1 Å². The summed E-state index contributed by atoms with van der Waals surface area (Å²) in [5.74, 6) is 0. The maximum atomic E-state index is 4.79. The van der Waals surface area contributed by atoms with Crippen molar-refractivity contribution >= 4 is 16.6 Å². The van der Waals surface area contributed by atoms with Crippen molar-refractivity contribution in [3.63, 3.8) is 0 Å². The van der Waals surface area contributed by atoms with Crippen LogP contribution >= 0.6 is 0 Å². The number of hydrogen-bond acceptors (Lipinski definition) is 3.